The quantitative estimate of drug-likeness (QED) is 0.183. The number of aromatic amines is 1. The molecule has 16 aromatic carbocycles. The summed E-state index contributed by atoms with van der Waals surface area (Å²) in [6, 6.07) is 134. The molecule has 2 spiro atoms. The van der Waals surface area contributed by atoms with Gasteiger partial charge in [-0.2, -0.15) is 0 Å². The van der Waals surface area contributed by atoms with Gasteiger partial charge in [0.2, 0.25) is 0 Å². The Morgan fingerprint density at radius 2 is 0.524 bits per heavy atom. The molecular weight excluding hydrogens is 1310 g/mol. The average molecular weight is 1370 g/mol. The highest BCUT2D eigenvalue weighted by molar-refractivity contribution is 9.10. The van der Waals surface area contributed by atoms with Gasteiger partial charge >= 0.3 is 0 Å². The minimum absolute atomic E-state index is 0.273. The van der Waals surface area contributed by atoms with Crippen LogP contribution in [-0.4, -0.2) is 18.7 Å². The molecule has 4 aromatic heterocycles. The first-order valence-corrected chi connectivity index (χ1v) is 36.4. The van der Waals surface area contributed by atoms with E-state index in [9.17, 15) is 0 Å². The molecule has 0 amide bonds. The molecule has 0 radical (unpaired) electrons. The zero-order chi connectivity index (χ0) is 67.7. The van der Waals surface area contributed by atoms with Crippen LogP contribution in [0.3, 0.4) is 0 Å². The molecule has 0 fully saturated rings. The van der Waals surface area contributed by atoms with Crippen LogP contribution in [0.25, 0.3) is 149 Å². The van der Waals surface area contributed by atoms with Gasteiger partial charge in [0.1, 0.15) is 0 Å². The molecule has 0 saturated heterocycles. The smallest absolute Gasteiger partial charge is 0.0726 e. The molecule has 4 aliphatic carbocycles. The maximum absolute atomic E-state index is 3.69. The topological polar surface area (TPSA) is 30.6 Å². The number of benzene rings is 16. The Bertz CT molecular complexity index is 6870. The Morgan fingerprint density at radius 1 is 0.194 bits per heavy atom. The summed E-state index contributed by atoms with van der Waals surface area (Å²) >= 11 is 3.57. The average Bonchev–Trinajstić information content (AvgIpc) is 1.51. The van der Waals surface area contributed by atoms with Crippen LogP contribution in [0.1, 0.15) is 44.5 Å². The summed E-state index contributed by atoms with van der Waals surface area (Å²) in [5.41, 5.74) is 34.4. The van der Waals surface area contributed by atoms with E-state index < -0.39 is 0 Å². The lowest BCUT2D eigenvalue weighted by atomic mass is 9.70. The predicted octanol–water partition coefficient (Wildman–Crippen LogP) is 25.4. The number of fused-ring (bicyclic) bond motifs is 32. The summed E-state index contributed by atoms with van der Waals surface area (Å²) in [6.07, 6.45) is 0. The fraction of sp³-hybridized carbons (Fsp3) is 0.0204. The monoisotopic (exact) mass is 1370 g/mol. The van der Waals surface area contributed by atoms with Gasteiger partial charge in [-0.1, -0.05) is 271 Å². The molecule has 4 aliphatic rings. The molecule has 480 valence electrons. The number of halogens is 1. The molecule has 4 nitrogen and oxygen atoms in total. The maximum Gasteiger partial charge on any atom is 0.0726 e. The molecule has 0 atom stereocenters. The molecular formula is C98H61BrN4. The lowest BCUT2D eigenvalue weighted by Crippen LogP contribution is -2.25. The van der Waals surface area contributed by atoms with Crippen molar-refractivity contribution in [3.63, 3.8) is 0 Å². The number of nitrogens with one attached hydrogen (secondary N) is 1. The summed E-state index contributed by atoms with van der Waals surface area (Å²) in [5.74, 6) is 0. The van der Waals surface area contributed by atoms with Crippen molar-refractivity contribution in [1.82, 2.24) is 18.7 Å². The maximum atomic E-state index is 3.69. The van der Waals surface area contributed by atoms with E-state index in [1.165, 1.54) is 193 Å². The first-order chi connectivity index (χ1) is 51.0. The third kappa shape index (κ3) is 8.00. The van der Waals surface area contributed by atoms with Crippen LogP contribution in [0.15, 0.2) is 368 Å². The Labute approximate surface area is 603 Å². The van der Waals surface area contributed by atoms with Crippen molar-refractivity contribution in [2.75, 3.05) is 0 Å². The van der Waals surface area contributed by atoms with Gasteiger partial charge in [-0.15, -0.1) is 0 Å². The fourth-order valence-corrected chi connectivity index (χ4v) is 19.4. The minimum atomic E-state index is -0.387. The van der Waals surface area contributed by atoms with Gasteiger partial charge < -0.3 is 18.7 Å². The van der Waals surface area contributed by atoms with Crippen molar-refractivity contribution in [3.05, 3.63) is 413 Å². The lowest BCUT2D eigenvalue weighted by Gasteiger charge is -2.30. The third-order valence-corrected chi connectivity index (χ3v) is 23.5. The molecule has 4 heterocycles. The Kier molecular flexibility index (Phi) is 12.5. The van der Waals surface area contributed by atoms with Crippen molar-refractivity contribution in [1.29, 1.82) is 0 Å². The van der Waals surface area contributed by atoms with E-state index >= 15 is 0 Å². The number of para-hydroxylation sites is 6. The first-order valence-electron chi connectivity index (χ1n) is 35.6. The molecule has 0 unspecified atom stereocenters. The molecule has 24 rings (SSSR count). The van der Waals surface area contributed by atoms with Crippen LogP contribution >= 0.6 is 15.9 Å². The van der Waals surface area contributed by atoms with Crippen molar-refractivity contribution >= 4 is 103 Å². The van der Waals surface area contributed by atoms with Crippen molar-refractivity contribution in [3.8, 4) is 61.6 Å². The Balaban J connectivity index is 0.000000109. The second-order valence-corrected chi connectivity index (χ2v) is 28.8. The largest absolute Gasteiger partial charge is 0.355 e. The van der Waals surface area contributed by atoms with Gasteiger partial charge in [-0.05, 0) is 198 Å². The molecule has 5 heteroatoms. The SMILES string of the molecule is Brc1ccc2c(c1)c1ccccc1n2-c1ccccc1.c1ccc(-n2c3ccccc3c3cc(-n4c5ccccc5c5cc6c(cc54)C4(c5ccccc5-c5ccccc54)c4ccccc4-6)ccc32)cc1.c1ccc2c(c1)-c1ccccc1C21c2ccccc2-c2cc3c(cc21)[nH]c1ccccc13. The van der Waals surface area contributed by atoms with E-state index in [2.05, 4.69) is 393 Å². The molecule has 0 bridgehead atoms. The normalized spacial score (nSPS) is 13.4. The van der Waals surface area contributed by atoms with Gasteiger partial charge in [0.05, 0.1) is 43.9 Å². The van der Waals surface area contributed by atoms with E-state index in [-0.39, 0.29) is 10.8 Å². The second-order valence-electron chi connectivity index (χ2n) is 27.9. The fourth-order valence-electron chi connectivity index (χ4n) is 19.0. The number of rotatable bonds is 3. The summed E-state index contributed by atoms with van der Waals surface area (Å²) in [5, 5.41) is 10.2. The standard InChI is InChI=1S/C49H30N2.C31H19N.C18H12BrN/c1-2-14-31(15-3-1)50-45-24-12-7-19-36(45)39-28-32(26-27-47(39)50)51-46-25-13-8-20-37(46)40-29-38-35-18-6-11-23-43(35)49(44(38)30-48(40)51)41-21-9-4-16-33(41)34-17-5-10-22-42(34)49;1-5-13-25-19(9-1)20-10-2-6-14-26(20)31(25)27-15-7-3-11-21(27)23-17-24-22-12-4-8-16-29(22)32-30(24)18-28(23)31;19-13-10-11-18-16(12-13)15-8-4-5-9-17(15)20(18)14-6-2-1-3-7-14/h1-30H;1-18,32H;1-12H. The summed E-state index contributed by atoms with van der Waals surface area (Å²) < 4.78 is 8.32. The van der Waals surface area contributed by atoms with E-state index in [1.54, 1.807) is 0 Å². The molecule has 20 aromatic rings. The van der Waals surface area contributed by atoms with E-state index in [0.29, 0.717) is 0 Å². The molecule has 0 aliphatic heterocycles. The number of hydrogen-bond donors (Lipinski definition) is 1. The van der Waals surface area contributed by atoms with Crippen LogP contribution in [0.4, 0.5) is 0 Å². The Morgan fingerprint density at radius 3 is 0.990 bits per heavy atom. The minimum Gasteiger partial charge on any atom is -0.355 e. The van der Waals surface area contributed by atoms with Crippen molar-refractivity contribution in [2.24, 2.45) is 0 Å². The van der Waals surface area contributed by atoms with Crippen molar-refractivity contribution in [2.45, 2.75) is 10.8 Å². The molecule has 0 saturated carbocycles. The summed E-state index contributed by atoms with van der Waals surface area (Å²) in [7, 11) is 0. The van der Waals surface area contributed by atoms with Crippen LogP contribution in [-0.2, 0) is 10.8 Å². The van der Waals surface area contributed by atoms with Gasteiger partial charge in [-0.25, -0.2) is 0 Å². The Hall–Kier alpha value is -12.8. The number of hydrogen-bond acceptors (Lipinski definition) is 0. The molecule has 1 N–H and O–H groups in total. The van der Waals surface area contributed by atoms with Crippen LogP contribution in [0.2, 0.25) is 0 Å². The lowest BCUT2D eigenvalue weighted by molar-refractivity contribution is 0.794. The second kappa shape index (κ2) is 22.1. The number of aromatic nitrogens is 4. The van der Waals surface area contributed by atoms with Crippen LogP contribution in [0, 0.1) is 0 Å². The number of nitrogens with zero attached hydrogens (tertiary/aromatic N) is 3. The third-order valence-electron chi connectivity index (χ3n) is 23.0. The molecule has 103 heavy (non-hydrogen) atoms. The van der Waals surface area contributed by atoms with Gasteiger partial charge in [0.25, 0.3) is 0 Å². The van der Waals surface area contributed by atoms with E-state index in [4.69, 9.17) is 0 Å². The zero-order valence-electron chi connectivity index (χ0n) is 55.9. The van der Waals surface area contributed by atoms with Gasteiger partial charge in [0, 0.05) is 75.7 Å². The first kappa shape index (κ1) is 58.0. The van der Waals surface area contributed by atoms with E-state index in [1.807, 2.05) is 6.07 Å². The van der Waals surface area contributed by atoms with Crippen molar-refractivity contribution < 1.29 is 0 Å². The summed E-state index contributed by atoms with van der Waals surface area (Å²) in [6.45, 7) is 0. The van der Waals surface area contributed by atoms with Crippen LogP contribution < -0.4 is 0 Å². The van der Waals surface area contributed by atoms with Gasteiger partial charge in [-0.3, -0.25) is 0 Å². The van der Waals surface area contributed by atoms with E-state index in [0.717, 1.165) is 4.47 Å². The number of H-pyrrole nitrogens is 1. The highest BCUT2D eigenvalue weighted by Crippen LogP contribution is 2.65. The predicted molar refractivity (Wildman–Crippen MR) is 432 cm³/mol. The highest BCUT2D eigenvalue weighted by atomic mass is 79.9. The zero-order valence-corrected chi connectivity index (χ0v) is 57.4. The highest BCUT2D eigenvalue weighted by Gasteiger charge is 2.53. The van der Waals surface area contributed by atoms with Crippen LogP contribution in [0.5, 0.6) is 0 Å². The van der Waals surface area contributed by atoms with Gasteiger partial charge in [0.15, 0.2) is 0 Å². The summed E-state index contributed by atoms with van der Waals surface area (Å²) in [4.78, 5) is 3.69.